The number of nitrogens with zero attached hydrogens (tertiary/aromatic N) is 6. The largest absolute Gasteiger partial charge is 0.406 e. The summed E-state index contributed by atoms with van der Waals surface area (Å²) in [4.78, 5) is 18.9. The number of likely N-dealkylation sites (tertiary alicyclic amines) is 1. The van der Waals surface area contributed by atoms with Crippen molar-refractivity contribution in [1.82, 2.24) is 34.7 Å². The number of carbonyl (C=O) groups is 1. The van der Waals surface area contributed by atoms with Crippen molar-refractivity contribution in [2.45, 2.75) is 71.1 Å². The molecule has 1 saturated heterocycles. The first-order chi connectivity index (χ1) is 19.8. The molecule has 226 valence electrons. The van der Waals surface area contributed by atoms with Crippen LogP contribution in [-0.4, -0.2) is 73.3 Å². The van der Waals surface area contributed by atoms with Gasteiger partial charge in [-0.15, -0.1) is 0 Å². The van der Waals surface area contributed by atoms with Crippen LogP contribution in [0.5, 0.6) is 0 Å². The molecule has 10 nitrogen and oxygen atoms in total. The quantitative estimate of drug-likeness (QED) is 0.279. The van der Waals surface area contributed by atoms with Crippen LogP contribution in [-0.2, 0) is 18.6 Å². The first kappa shape index (κ1) is 29.5. The van der Waals surface area contributed by atoms with Gasteiger partial charge in [0.2, 0.25) is 11.7 Å². The Balaban J connectivity index is 1.39. The summed E-state index contributed by atoms with van der Waals surface area (Å²) in [7, 11) is 0. The number of rotatable bonds is 8. The molecule has 2 N–H and O–H groups in total. The number of anilines is 1. The second-order valence-corrected chi connectivity index (χ2v) is 11.5. The smallest absolute Gasteiger partial charge is 0.379 e. The molecule has 42 heavy (non-hydrogen) atoms. The van der Waals surface area contributed by atoms with Crippen molar-refractivity contribution in [1.29, 1.82) is 0 Å². The van der Waals surface area contributed by atoms with E-state index in [-0.39, 0.29) is 29.5 Å². The van der Waals surface area contributed by atoms with Gasteiger partial charge >= 0.3 is 6.18 Å². The van der Waals surface area contributed by atoms with E-state index in [1.807, 2.05) is 32.6 Å². The van der Waals surface area contributed by atoms with Gasteiger partial charge in [-0.25, -0.2) is 4.39 Å². The summed E-state index contributed by atoms with van der Waals surface area (Å²) in [6.45, 7) is 8.20. The van der Waals surface area contributed by atoms with Crippen molar-refractivity contribution in [3.8, 4) is 11.5 Å². The second kappa shape index (κ2) is 11.4. The summed E-state index contributed by atoms with van der Waals surface area (Å²) in [6.07, 6.45) is -2.02. The molecule has 1 aliphatic rings. The number of carbonyl (C=O) groups excluding carboxylic acids is 1. The standard InChI is InChI=1S/C28H34F4N8O2/c1-5-38-10-9-21(19(29)15-38)35-20-7-6-8-22-18(20)11-23(39(22)16-28(30,31)32)25-36-24(42-37-25)13-33-26(41)17-12-34-40(14-17)27(2,3)4/h6-8,11-12,14,19,21,35H,5,9-10,13,15-16H2,1-4H3,(H,33,41)/t19-,21+/m0/s1. The predicted molar refractivity (Wildman–Crippen MR) is 149 cm³/mol. The third-order valence-electron chi connectivity index (χ3n) is 7.33. The maximum absolute atomic E-state index is 14.9. The zero-order chi connectivity index (χ0) is 30.2. The molecule has 0 spiro atoms. The number of hydrogen-bond acceptors (Lipinski definition) is 7. The fourth-order valence-electron chi connectivity index (χ4n) is 5.06. The highest BCUT2D eigenvalue weighted by Gasteiger charge is 2.32. The Bertz CT molecular complexity index is 1550. The first-order valence-corrected chi connectivity index (χ1v) is 13.8. The zero-order valence-corrected chi connectivity index (χ0v) is 23.9. The number of hydrogen-bond donors (Lipinski definition) is 2. The minimum Gasteiger partial charge on any atom is -0.379 e. The van der Waals surface area contributed by atoms with Crippen molar-refractivity contribution in [3.05, 3.63) is 48.1 Å². The van der Waals surface area contributed by atoms with Gasteiger partial charge in [0.1, 0.15) is 12.7 Å². The molecule has 1 aromatic carbocycles. The summed E-state index contributed by atoms with van der Waals surface area (Å²) in [6, 6.07) is 6.01. The molecule has 0 saturated carbocycles. The van der Waals surface area contributed by atoms with Gasteiger partial charge in [0.15, 0.2) is 0 Å². The van der Waals surface area contributed by atoms with Crippen LogP contribution in [0.2, 0.25) is 0 Å². The normalized spacial score (nSPS) is 18.5. The number of aromatic nitrogens is 5. The predicted octanol–water partition coefficient (Wildman–Crippen LogP) is 4.98. The second-order valence-electron chi connectivity index (χ2n) is 11.5. The average molecular weight is 591 g/mol. The van der Waals surface area contributed by atoms with Crippen LogP contribution in [0.3, 0.4) is 0 Å². The van der Waals surface area contributed by atoms with Crippen LogP contribution in [0.4, 0.5) is 23.2 Å². The van der Waals surface area contributed by atoms with Crippen LogP contribution in [0.25, 0.3) is 22.4 Å². The Morgan fingerprint density at radius 1 is 1.21 bits per heavy atom. The minimum absolute atomic E-state index is 0.0201. The lowest BCUT2D eigenvalue weighted by Gasteiger charge is -2.35. The summed E-state index contributed by atoms with van der Waals surface area (Å²) in [5.41, 5.74) is 0.945. The molecule has 14 heteroatoms. The van der Waals surface area contributed by atoms with Crippen LogP contribution in [0.1, 0.15) is 50.4 Å². The van der Waals surface area contributed by atoms with E-state index in [1.54, 1.807) is 35.1 Å². The number of alkyl halides is 4. The molecule has 4 heterocycles. The maximum Gasteiger partial charge on any atom is 0.406 e. The Morgan fingerprint density at radius 3 is 2.67 bits per heavy atom. The number of halogens is 4. The Labute approximate surface area is 240 Å². The van der Waals surface area contributed by atoms with E-state index in [1.165, 1.54) is 6.20 Å². The van der Waals surface area contributed by atoms with Gasteiger partial charge in [0.05, 0.1) is 41.1 Å². The van der Waals surface area contributed by atoms with Gasteiger partial charge in [0.25, 0.3) is 5.91 Å². The van der Waals surface area contributed by atoms with Crippen molar-refractivity contribution in [2.24, 2.45) is 0 Å². The SMILES string of the molecule is CCN1CC[C@@H](Nc2cccc3c2cc(-c2noc(CNC(=O)c4cnn(C(C)(C)C)c4)n2)n3CC(F)(F)F)[C@@H](F)C1. The summed E-state index contributed by atoms with van der Waals surface area (Å²) < 4.78 is 64.0. The molecule has 4 aromatic rings. The number of nitrogens with one attached hydrogen (secondary N) is 2. The lowest BCUT2D eigenvalue weighted by Crippen LogP contribution is -2.47. The molecular weight excluding hydrogens is 556 g/mol. The number of benzene rings is 1. The van der Waals surface area contributed by atoms with E-state index in [0.717, 1.165) is 17.7 Å². The molecule has 0 bridgehead atoms. The third-order valence-corrected chi connectivity index (χ3v) is 7.33. The van der Waals surface area contributed by atoms with Crippen LogP contribution in [0.15, 0.2) is 41.2 Å². The molecule has 5 rings (SSSR count). The van der Waals surface area contributed by atoms with Gasteiger partial charge in [-0.05, 0) is 51.9 Å². The molecular formula is C28H34F4N8O2. The zero-order valence-electron chi connectivity index (χ0n) is 23.9. The molecule has 3 aromatic heterocycles. The van der Waals surface area contributed by atoms with E-state index < -0.39 is 30.8 Å². The monoisotopic (exact) mass is 590 g/mol. The Morgan fingerprint density at radius 2 is 2.00 bits per heavy atom. The van der Waals surface area contributed by atoms with Gasteiger partial charge < -0.3 is 24.6 Å². The molecule has 1 amide bonds. The van der Waals surface area contributed by atoms with E-state index in [2.05, 4.69) is 25.9 Å². The van der Waals surface area contributed by atoms with E-state index in [4.69, 9.17) is 4.52 Å². The fraction of sp³-hybridized carbons (Fsp3) is 0.500. The summed E-state index contributed by atoms with van der Waals surface area (Å²) in [5.74, 6) is -0.458. The third kappa shape index (κ3) is 6.42. The van der Waals surface area contributed by atoms with Gasteiger partial charge in [-0.1, -0.05) is 18.1 Å². The molecule has 2 atom stereocenters. The molecule has 0 radical (unpaired) electrons. The Hall–Kier alpha value is -3.94. The van der Waals surface area contributed by atoms with Crippen molar-refractivity contribution < 1.29 is 26.9 Å². The lowest BCUT2D eigenvalue weighted by atomic mass is 10.0. The van der Waals surface area contributed by atoms with Gasteiger partial charge in [0, 0.05) is 30.4 Å². The average Bonchev–Trinajstić information content (AvgIpc) is 3.67. The van der Waals surface area contributed by atoms with E-state index in [0.29, 0.717) is 35.1 Å². The van der Waals surface area contributed by atoms with Crippen LogP contribution < -0.4 is 10.6 Å². The minimum atomic E-state index is -4.53. The van der Waals surface area contributed by atoms with E-state index >= 15 is 0 Å². The van der Waals surface area contributed by atoms with Crippen LogP contribution in [0, 0.1) is 0 Å². The number of amides is 1. The topological polar surface area (TPSA) is 106 Å². The van der Waals surface area contributed by atoms with E-state index in [9.17, 15) is 22.4 Å². The van der Waals surface area contributed by atoms with Crippen molar-refractivity contribution in [2.75, 3.05) is 25.0 Å². The van der Waals surface area contributed by atoms with Crippen molar-refractivity contribution in [3.63, 3.8) is 0 Å². The Kier molecular flexibility index (Phi) is 8.01. The highest BCUT2D eigenvalue weighted by atomic mass is 19.4. The van der Waals surface area contributed by atoms with Crippen LogP contribution >= 0.6 is 0 Å². The summed E-state index contributed by atoms with van der Waals surface area (Å²) in [5, 5.41) is 14.5. The van der Waals surface area contributed by atoms with Gasteiger partial charge in [-0.3, -0.25) is 9.48 Å². The number of fused-ring (bicyclic) bond motifs is 1. The summed E-state index contributed by atoms with van der Waals surface area (Å²) >= 11 is 0. The molecule has 1 fully saturated rings. The molecule has 0 aliphatic carbocycles. The highest BCUT2D eigenvalue weighted by Crippen LogP contribution is 2.35. The number of piperidine rings is 1. The fourth-order valence-corrected chi connectivity index (χ4v) is 5.06. The first-order valence-electron chi connectivity index (χ1n) is 13.8. The lowest BCUT2D eigenvalue weighted by molar-refractivity contribution is -0.139. The van der Waals surface area contributed by atoms with Crippen molar-refractivity contribution >= 4 is 22.5 Å². The molecule has 0 unspecified atom stereocenters. The maximum atomic E-state index is 14.9. The highest BCUT2D eigenvalue weighted by molar-refractivity contribution is 5.96. The van der Waals surface area contributed by atoms with Gasteiger partial charge in [-0.2, -0.15) is 23.3 Å². The molecule has 1 aliphatic heterocycles.